The molecule has 3 nitrogen and oxygen atoms in total. The van der Waals surface area contributed by atoms with Crippen LogP contribution in [0.2, 0.25) is 0 Å². The molecule has 0 saturated carbocycles. The number of carbonyl (C=O) groups is 1. The van der Waals surface area contributed by atoms with Crippen LogP contribution >= 0.6 is 0 Å². The lowest BCUT2D eigenvalue weighted by Gasteiger charge is -2.26. The Balaban J connectivity index is 1.70. The number of fused-ring (bicyclic) bond motifs is 1. The van der Waals surface area contributed by atoms with Gasteiger partial charge in [0.1, 0.15) is 5.75 Å². The third-order valence-corrected chi connectivity index (χ3v) is 4.54. The van der Waals surface area contributed by atoms with Gasteiger partial charge in [0.05, 0.1) is 13.2 Å². The number of nitrogens with zero attached hydrogens (tertiary/aromatic N) is 1. The molecule has 0 aliphatic carbocycles. The van der Waals surface area contributed by atoms with E-state index < -0.39 is 0 Å². The standard InChI is InChI=1S/C17H23NO2/c1-12(2)15-4-3-8-18(15)11-16(19)13-5-6-17-14(10-13)7-9-20-17/h5-6,10,12,15H,3-4,7-9,11H2,1-2H3. The van der Waals surface area contributed by atoms with E-state index in [1.165, 1.54) is 18.4 Å². The van der Waals surface area contributed by atoms with E-state index in [1.54, 1.807) is 0 Å². The zero-order chi connectivity index (χ0) is 14.1. The van der Waals surface area contributed by atoms with E-state index in [0.717, 1.165) is 30.9 Å². The Labute approximate surface area is 120 Å². The van der Waals surface area contributed by atoms with Gasteiger partial charge in [0, 0.05) is 18.0 Å². The maximum absolute atomic E-state index is 12.5. The summed E-state index contributed by atoms with van der Waals surface area (Å²) in [4.78, 5) is 14.8. The largest absolute Gasteiger partial charge is 0.493 e. The van der Waals surface area contributed by atoms with Crippen LogP contribution in [0.15, 0.2) is 18.2 Å². The number of rotatable bonds is 4. The van der Waals surface area contributed by atoms with Crippen molar-refractivity contribution >= 4 is 5.78 Å². The predicted molar refractivity (Wildman–Crippen MR) is 79.4 cm³/mol. The first-order valence-electron chi connectivity index (χ1n) is 7.68. The molecule has 2 aliphatic heterocycles. The molecule has 1 fully saturated rings. The highest BCUT2D eigenvalue weighted by Gasteiger charge is 2.28. The number of ketones is 1. The third-order valence-electron chi connectivity index (χ3n) is 4.54. The Morgan fingerprint density at radius 1 is 1.45 bits per heavy atom. The lowest BCUT2D eigenvalue weighted by molar-refractivity contribution is 0.0904. The van der Waals surface area contributed by atoms with Gasteiger partial charge in [-0.3, -0.25) is 9.69 Å². The van der Waals surface area contributed by atoms with E-state index in [-0.39, 0.29) is 5.78 Å². The van der Waals surface area contributed by atoms with E-state index in [4.69, 9.17) is 4.74 Å². The van der Waals surface area contributed by atoms with Crippen LogP contribution < -0.4 is 4.74 Å². The Kier molecular flexibility index (Phi) is 3.79. The summed E-state index contributed by atoms with van der Waals surface area (Å²) in [7, 11) is 0. The van der Waals surface area contributed by atoms with E-state index in [1.807, 2.05) is 18.2 Å². The van der Waals surface area contributed by atoms with Gasteiger partial charge in [0.25, 0.3) is 0 Å². The molecular weight excluding hydrogens is 250 g/mol. The lowest BCUT2D eigenvalue weighted by atomic mass is 10.0. The number of ether oxygens (including phenoxy) is 1. The van der Waals surface area contributed by atoms with Crippen molar-refractivity contribution in [1.29, 1.82) is 0 Å². The second-order valence-corrected chi connectivity index (χ2v) is 6.27. The molecule has 0 radical (unpaired) electrons. The smallest absolute Gasteiger partial charge is 0.176 e. The quantitative estimate of drug-likeness (QED) is 0.790. The minimum absolute atomic E-state index is 0.243. The van der Waals surface area contributed by atoms with Crippen molar-refractivity contribution in [2.45, 2.75) is 39.2 Å². The second kappa shape index (κ2) is 5.57. The van der Waals surface area contributed by atoms with Crippen molar-refractivity contribution in [2.24, 2.45) is 5.92 Å². The van der Waals surface area contributed by atoms with Gasteiger partial charge in [-0.1, -0.05) is 13.8 Å². The highest BCUT2D eigenvalue weighted by atomic mass is 16.5. The molecule has 0 N–H and O–H groups in total. The molecule has 20 heavy (non-hydrogen) atoms. The van der Waals surface area contributed by atoms with E-state index in [0.29, 0.717) is 18.5 Å². The molecule has 1 saturated heterocycles. The zero-order valence-corrected chi connectivity index (χ0v) is 12.4. The number of likely N-dealkylation sites (tertiary alicyclic amines) is 1. The molecule has 1 unspecified atom stereocenters. The van der Waals surface area contributed by atoms with Gasteiger partial charge in [0.2, 0.25) is 0 Å². The number of hydrogen-bond acceptors (Lipinski definition) is 3. The minimum Gasteiger partial charge on any atom is -0.493 e. The zero-order valence-electron chi connectivity index (χ0n) is 12.4. The van der Waals surface area contributed by atoms with E-state index in [2.05, 4.69) is 18.7 Å². The molecule has 2 aliphatic rings. The van der Waals surface area contributed by atoms with Crippen LogP contribution in [0.5, 0.6) is 5.75 Å². The number of Topliss-reactive ketones (excluding diaryl/α,β-unsaturated/α-hetero) is 1. The summed E-state index contributed by atoms with van der Waals surface area (Å²) in [5.41, 5.74) is 2.02. The summed E-state index contributed by atoms with van der Waals surface area (Å²) in [6.45, 7) is 6.86. The van der Waals surface area contributed by atoms with Gasteiger partial charge in [-0.2, -0.15) is 0 Å². The molecule has 0 spiro atoms. The van der Waals surface area contributed by atoms with Gasteiger partial charge in [-0.15, -0.1) is 0 Å². The molecule has 108 valence electrons. The fourth-order valence-electron chi connectivity index (χ4n) is 3.44. The lowest BCUT2D eigenvalue weighted by Crippen LogP contribution is -2.37. The summed E-state index contributed by atoms with van der Waals surface area (Å²) >= 11 is 0. The van der Waals surface area contributed by atoms with E-state index in [9.17, 15) is 4.79 Å². The van der Waals surface area contributed by atoms with Gasteiger partial charge in [-0.05, 0) is 49.1 Å². The van der Waals surface area contributed by atoms with Gasteiger partial charge in [0.15, 0.2) is 5.78 Å². The molecule has 1 aromatic carbocycles. The Bertz CT molecular complexity index is 510. The van der Waals surface area contributed by atoms with Crippen molar-refractivity contribution in [3.05, 3.63) is 29.3 Å². The fraction of sp³-hybridized carbons (Fsp3) is 0.588. The Hall–Kier alpha value is -1.35. The average Bonchev–Trinajstić information content (AvgIpc) is 3.05. The Morgan fingerprint density at radius 2 is 2.30 bits per heavy atom. The maximum Gasteiger partial charge on any atom is 0.176 e. The van der Waals surface area contributed by atoms with Crippen LogP contribution in [0.4, 0.5) is 0 Å². The molecule has 3 heteroatoms. The molecule has 1 aromatic rings. The molecule has 0 amide bonds. The topological polar surface area (TPSA) is 29.5 Å². The molecular formula is C17H23NO2. The van der Waals surface area contributed by atoms with Crippen LogP contribution in [0.3, 0.4) is 0 Å². The van der Waals surface area contributed by atoms with Crippen molar-refractivity contribution in [3.63, 3.8) is 0 Å². The highest BCUT2D eigenvalue weighted by Crippen LogP contribution is 2.27. The SMILES string of the molecule is CC(C)C1CCCN1CC(=O)c1ccc2c(c1)CCO2. The summed E-state index contributed by atoms with van der Waals surface area (Å²) in [5.74, 6) is 1.81. The molecule has 0 aromatic heterocycles. The monoisotopic (exact) mass is 273 g/mol. The van der Waals surface area contributed by atoms with Gasteiger partial charge in [-0.25, -0.2) is 0 Å². The van der Waals surface area contributed by atoms with Crippen LogP contribution in [0, 0.1) is 5.92 Å². The van der Waals surface area contributed by atoms with Crippen molar-refractivity contribution in [2.75, 3.05) is 19.7 Å². The van der Waals surface area contributed by atoms with E-state index >= 15 is 0 Å². The molecule has 0 bridgehead atoms. The van der Waals surface area contributed by atoms with Gasteiger partial charge < -0.3 is 4.74 Å². The summed E-state index contributed by atoms with van der Waals surface area (Å²) in [6, 6.07) is 6.44. The first-order chi connectivity index (χ1) is 9.65. The first-order valence-corrected chi connectivity index (χ1v) is 7.68. The van der Waals surface area contributed by atoms with Crippen LogP contribution in [-0.4, -0.2) is 36.4 Å². The fourth-order valence-corrected chi connectivity index (χ4v) is 3.44. The van der Waals surface area contributed by atoms with Gasteiger partial charge >= 0.3 is 0 Å². The van der Waals surface area contributed by atoms with Crippen molar-refractivity contribution < 1.29 is 9.53 Å². The van der Waals surface area contributed by atoms with Crippen LogP contribution in [0.1, 0.15) is 42.6 Å². The molecule has 2 heterocycles. The minimum atomic E-state index is 0.243. The summed E-state index contributed by atoms with van der Waals surface area (Å²) < 4.78 is 5.49. The van der Waals surface area contributed by atoms with Crippen molar-refractivity contribution in [1.82, 2.24) is 4.90 Å². The van der Waals surface area contributed by atoms with Crippen molar-refractivity contribution in [3.8, 4) is 5.75 Å². The number of hydrogen-bond donors (Lipinski definition) is 0. The Morgan fingerprint density at radius 3 is 3.10 bits per heavy atom. The molecule has 3 rings (SSSR count). The summed E-state index contributed by atoms with van der Waals surface area (Å²) in [5, 5.41) is 0. The normalized spacial score (nSPS) is 22.1. The average molecular weight is 273 g/mol. The van der Waals surface area contributed by atoms with Crippen LogP contribution in [-0.2, 0) is 6.42 Å². The van der Waals surface area contributed by atoms with Crippen LogP contribution in [0.25, 0.3) is 0 Å². The predicted octanol–water partition coefficient (Wildman–Crippen LogP) is 2.92. The highest BCUT2D eigenvalue weighted by molar-refractivity contribution is 5.98. The molecule has 1 atom stereocenters. The number of carbonyl (C=O) groups excluding carboxylic acids is 1. The first kappa shape index (κ1) is 13.6. The second-order valence-electron chi connectivity index (χ2n) is 6.27. The third kappa shape index (κ3) is 2.59. The number of benzene rings is 1. The maximum atomic E-state index is 12.5. The summed E-state index contributed by atoms with van der Waals surface area (Å²) in [6.07, 6.45) is 3.37.